The van der Waals surface area contributed by atoms with Crippen molar-refractivity contribution in [2.75, 3.05) is 0 Å². The number of nitrogens with one attached hydrogen (secondary N) is 1. The summed E-state index contributed by atoms with van der Waals surface area (Å²) < 4.78 is 13.5. The number of amides is 2. The van der Waals surface area contributed by atoms with Crippen LogP contribution in [-0.2, 0) is 29.0 Å². The van der Waals surface area contributed by atoms with Gasteiger partial charge in [-0.2, -0.15) is 0 Å². The molecule has 178 valence electrons. The molecule has 1 atom stereocenters. The first-order chi connectivity index (χ1) is 16.1. The number of aryl methyl sites for hydroxylation is 1. The summed E-state index contributed by atoms with van der Waals surface area (Å²) in [4.78, 5) is 28.8. The lowest BCUT2D eigenvalue weighted by Gasteiger charge is -2.34. The first-order valence-electron chi connectivity index (χ1n) is 11.6. The van der Waals surface area contributed by atoms with Gasteiger partial charge in [-0.1, -0.05) is 72.3 Å². The maximum atomic E-state index is 13.6. The Balaban J connectivity index is 1.97. The minimum absolute atomic E-state index is 0.154. The van der Waals surface area contributed by atoms with Gasteiger partial charge in [0.25, 0.3) is 0 Å². The molecule has 34 heavy (non-hydrogen) atoms. The average molecular weight is 461 g/mol. The predicted molar refractivity (Wildman–Crippen MR) is 134 cm³/mol. The van der Waals surface area contributed by atoms with E-state index >= 15 is 0 Å². The van der Waals surface area contributed by atoms with Crippen molar-refractivity contribution in [2.45, 2.75) is 58.7 Å². The molecule has 2 amide bonds. The highest BCUT2D eigenvalue weighted by molar-refractivity contribution is 5.89. The zero-order valence-electron chi connectivity index (χ0n) is 20.3. The lowest BCUT2D eigenvalue weighted by atomic mass is 9.99. The van der Waals surface area contributed by atoms with E-state index in [4.69, 9.17) is 0 Å². The molecular weight excluding hydrogens is 427 g/mol. The average Bonchev–Trinajstić information content (AvgIpc) is 2.78. The molecule has 3 rings (SSSR count). The van der Waals surface area contributed by atoms with Crippen LogP contribution in [-0.4, -0.2) is 28.3 Å². The Labute approximate surface area is 201 Å². The number of hydrogen-bond donors (Lipinski definition) is 1. The molecular formula is C29H33FN2O2. The van der Waals surface area contributed by atoms with Gasteiger partial charge in [-0.05, 0) is 56.5 Å². The Hall–Kier alpha value is -3.47. The standard InChI is InChI=1S/C29H33FN2O2/c1-21-10-12-23(13-11-21)19-27(33)32(20-24-14-16-25(30)17-15-24)26(28(34)31-29(2,3)4)18-22-8-6-5-7-9-22/h5-17,26H,18-20H2,1-4H3,(H,31,34)/t26-/m1/s1. The van der Waals surface area contributed by atoms with Crippen LogP contribution in [0, 0.1) is 12.7 Å². The zero-order chi connectivity index (χ0) is 24.7. The third kappa shape index (κ3) is 7.55. The van der Waals surface area contributed by atoms with E-state index in [-0.39, 0.29) is 30.6 Å². The number of rotatable bonds is 8. The summed E-state index contributed by atoms with van der Waals surface area (Å²) in [7, 11) is 0. The molecule has 0 aliphatic rings. The quantitative estimate of drug-likeness (QED) is 0.500. The minimum atomic E-state index is -0.718. The fourth-order valence-electron chi connectivity index (χ4n) is 3.78. The van der Waals surface area contributed by atoms with Gasteiger partial charge in [0.2, 0.25) is 11.8 Å². The highest BCUT2D eigenvalue weighted by Gasteiger charge is 2.32. The van der Waals surface area contributed by atoms with E-state index in [1.54, 1.807) is 17.0 Å². The Bertz CT molecular complexity index is 1090. The smallest absolute Gasteiger partial charge is 0.243 e. The van der Waals surface area contributed by atoms with Gasteiger partial charge in [0.05, 0.1) is 6.42 Å². The van der Waals surface area contributed by atoms with Crippen LogP contribution in [0.1, 0.15) is 43.0 Å². The van der Waals surface area contributed by atoms with Crippen molar-refractivity contribution in [1.29, 1.82) is 0 Å². The van der Waals surface area contributed by atoms with E-state index in [0.29, 0.717) is 6.42 Å². The number of benzene rings is 3. The molecule has 0 bridgehead atoms. The lowest BCUT2D eigenvalue weighted by molar-refractivity contribution is -0.141. The van der Waals surface area contributed by atoms with Crippen LogP contribution < -0.4 is 5.32 Å². The van der Waals surface area contributed by atoms with E-state index in [1.165, 1.54) is 12.1 Å². The van der Waals surface area contributed by atoms with Crippen molar-refractivity contribution in [1.82, 2.24) is 10.2 Å². The molecule has 0 unspecified atom stereocenters. The zero-order valence-corrected chi connectivity index (χ0v) is 20.3. The number of nitrogens with zero attached hydrogens (tertiary/aromatic N) is 1. The molecule has 4 nitrogen and oxygen atoms in total. The summed E-state index contributed by atoms with van der Waals surface area (Å²) >= 11 is 0. The van der Waals surface area contributed by atoms with E-state index in [9.17, 15) is 14.0 Å². The van der Waals surface area contributed by atoms with Gasteiger partial charge < -0.3 is 10.2 Å². The summed E-state index contributed by atoms with van der Waals surface area (Å²) in [6.45, 7) is 7.97. The molecule has 3 aromatic carbocycles. The van der Waals surface area contributed by atoms with Crippen molar-refractivity contribution in [2.24, 2.45) is 0 Å². The summed E-state index contributed by atoms with van der Waals surface area (Å²) in [5.41, 5.74) is 3.28. The lowest BCUT2D eigenvalue weighted by Crippen LogP contribution is -2.54. The fourth-order valence-corrected chi connectivity index (χ4v) is 3.78. The number of hydrogen-bond acceptors (Lipinski definition) is 2. The molecule has 0 aliphatic carbocycles. The Morgan fingerprint density at radius 2 is 1.44 bits per heavy atom. The van der Waals surface area contributed by atoms with Crippen LogP contribution in [0.2, 0.25) is 0 Å². The topological polar surface area (TPSA) is 49.4 Å². The van der Waals surface area contributed by atoms with Gasteiger partial charge in [-0.25, -0.2) is 4.39 Å². The molecule has 0 aliphatic heterocycles. The first kappa shape index (κ1) is 25.2. The maximum absolute atomic E-state index is 13.6. The predicted octanol–water partition coefficient (Wildman–Crippen LogP) is 5.23. The largest absolute Gasteiger partial charge is 0.350 e. The van der Waals surface area contributed by atoms with Crippen molar-refractivity contribution < 1.29 is 14.0 Å². The molecule has 0 aromatic heterocycles. The molecule has 0 radical (unpaired) electrons. The van der Waals surface area contributed by atoms with Crippen molar-refractivity contribution in [3.8, 4) is 0 Å². The van der Waals surface area contributed by atoms with Gasteiger partial charge >= 0.3 is 0 Å². The van der Waals surface area contributed by atoms with Crippen LogP contribution in [0.5, 0.6) is 0 Å². The van der Waals surface area contributed by atoms with Crippen LogP contribution in [0.15, 0.2) is 78.9 Å². The van der Waals surface area contributed by atoms with E-state index < -0.39 is 11.6 Å². The second kappa shape index (κ2) is 11.1. The third-order valence-corrected chi connectivity index (χ3v) is 5.51. The van der Waals surface area contributed by atoms with Crippen LogP contribution in [0.4, 0.5) is 4.39 Å². The summed E-state index contributed by atoms with van der Waals surface area (Å²) in [6.07, 6.45) is 0.555. The van der Waals surface area contributed by atoms with Gasteiger partial charge in [0.1, 0.15) is 11.9 Å². The summed E-state index contributed by atoms with van der Waals surface area (Å²) in [5, 5.41) is 3.05. The highest BCUT2D eigenvalue weighted by Crippen LogP contribution is 2.18. The molecule has 0 heterocycles. The molecule has 0 saturated carbocycles. The second-order valence-electron chi connectivity index (χ2n) is 9.76. The molecule has 0 spiro atoms. The monoisotopic (exact) mass is 460 g/mol. The normalized spacial score (nSPS) is 12.1. The van der Waals surface area contributed by atoms with Crippen LogP contribution >= 0.6 is 0 Å². The highest BCUT2D eigenvalue weighted by atomic mass is 19.1. The van der Waals surface area contributed by atoms with E-state index in [1.807, 2.05) is 82.3 Å². The molecule has 1 N–H and O–H groups in total. The second-order valence-corrected chi connectivity index (χ2v) is 9.76. The third-order valence-electron chi connectivity index (χ3n) is 5.51. The van der Waals surface area contributed by atoms with Gasteiger partial charge in [-0.15, -0.1) is 0 Å². The molecule has 5 heteroatoms. The van der Waals surface area contributed by atoms with Gasteiger partial charge in [0, 0.05) is 18.5 Å². The number of carbonyl (C=O) groups is 2. The van der Waals surface area contributed by atoms with Gasteiger partial charge in [0.15, 0.2) is 0 Å². The SMILES string of the molecule is Cc1ccc(CC(=O)N(Cc2ccc(F)cc2)[C@H](Cc2ccccc2)C(=O)NC(C)(C)C)cc1. The molecule has 0 saturated heterocycles. The van der Waals surface area contributed by atoms with Crippen LogP contribution in [0.3, 0.4) is 0 Å². The maximum Gasteiger partial charge on any atom is 0.243 e. The van der Waals surface area contributed by atoms with Crippen molar-refractivity contribution in [3.63, 3.8) is 0 Å². The Morgan fingerprint density at radius 3 is 2.03 bits per heavy atom. The van der Waals surface area contributed by atoms with Gasteiger partial charge in [-0.3, -0.25) is 9.59 Å². The Morgan fingerprint density at radius 1 is 0.853 bits per heavy atom. The van der Waals surface area contributed by atoms with Crippen molar-refractivity contribution in [3.05, 3.63) is 107 Å². The Kier molecular flexibility index (Phi) is 8.21. The number of halogens is 1. The molecule has 3 aromatic rings. The number of carbonyl (C=O) groups excluding carboxylic acids is 2. The molecule has 0 fully saturated rings. The minimum Gasteiger partial charge on any atom is -0.350 e. The summed E-state index contributed by atoms with van der Waals surface area (Å²) in [5.74, 6) is -0.707. The fraction of sp³-hybridized carbons (Fsp3) is 0.310. The van der Waals surface area contributed by atoms with E-state index in [2.05, 4.69) is 5.32 Å². The van der Waals surface area contributed by atoms with Crippen LogP contribution in [0.25, 0.3) is 0 Å². The van der Waals surface area contributed by atoms with Crippen molar-refractivity contribution >= 4 is 11.8 Å². The summed E-state index contributed by atoms with van der Waals surface area (Å²) in [6, 6.07) is 22.8. The van der Waals surface area contributed by atoms with E-state index in [0.717, 1.165) is 22.3 Å². The first-order valence-corrected chi connectivity index (χ1v) is 11.6.